The number of rotatable bonds is 5. The molecule has 1 saturated heterocycles. The van der Waals surface area contributed by atoms with E-state index < -0.39 is 10.0 Å². The van der Waals surface area contributed by atoms with Crippen LogP contribution in [0, 0.1) is 0 Å². The first-order chi connectivity index (χ1) is 13.9. The zero-order chi connectivity index (χ0) is 20.6. The molecule has 0 radical (unpaired) electrons. The number of hydrogen-bond donors (Lipinski definition) is 0. The second kappa shape index (κ2) is 7.82. The van der Waals surface area contributed by atoms with Gasteiger partial charge < -0.3 is 9.64 Å². The van der Waals surface area contributed by atoms with Crippen LogP contribution in [0.15, 0.2) is 59.6 Å². The van der Waals surface area contributed by atoms with E-state index in [1.54, 1.807) is 37.6 Å². The Morgan fingerprint density at radius 3 is 2.28 bits per heavy atom. The van der Waals surface area contributed by atoms with Gasteiger partial charge in [0.1, 0.15) is 5.75 Å². The second-order valence-electron chi connectivity index (χ2n) is 7.59. The molecule has 0 N–H and O–H groups in total. The van der Waals surface area contributed by atoms with Crippen LogP contribution in [0.4, 0.5) is 0 Å². The predicted molar refractivity (Wildman–Crippen MR) is 115 cm³/mol. The number of ether oxygens (including phenoxy) is 1. The van der Waals surface area contributed by atoms with Gasteiger partial charge in [-0.15, -0.1) is 0 Å². The van der Waals surface area contributed by atoms with Crippen molar-refractivity contribution in [1.82, 2.24) is 13.8 Å². The third-order valence-electron chi connectivity index (χ3n) is 5.86. The maximum atomic E-state index is 13.4. The fourth-order valence-corrected chi connectivity index (χ4v) is 5.35. The molecule has 1 aromatic heterocycles. The fraction of sp³-hybridized carbons (Fsp3) is 0.364. The Bertz CT molecular complexity index is 1100. The molecule has 154 valence electrons. The van der Waals surface area contributed by atoms with Gasteiger partial charge in [0.2, 0.25) is 0 Å². The van der Waals surface area contributed by atoms with E-state index in [1.807, 2.05) is 24.3 Å². The number of likely N-dealkylation sites (N-methyl/N-ethyl adjacent to an activating group) is 1. The Labute approximate surface area is 172 Å². The maximum Gasteiger partial charge on any atom is 0.268 e. The lowest BCUT2D eigenvalue weighted by molar-refractivity contribution is 0.119. The summed E-state index contributed by atoms with van der Waals surface area (Å²) in [4.78, 5) is 4.99. The Morgan fingerprint density at radius 2 is 1.62 bits per heavy atom. The third-order valence-corrected chi connectivity index (χ3v) is 7.55. The molecule has 0 spiro atoms. The molecule has 0 amide bonds. The van der Waals surface area contributed by atoms with E-state index in [0.29, 0.717) is 11.3 Å². The van der Waals surface area contributed by atoms with Crippen LogP contribution in [0.2, 0.25) is 0 Å². The largest absolute Gasteiger partial charge is 0.497 e. The quantitative estimate of drug-likeness (QED) is 0.643. The number of methoxy groups -OCH3 is 1. The highest BCUT2D eigenvalue weighted by atomic mass is 32.2. The number of hydrogen-bond acceptors (Lipinski definition) is 5. The van der Waals surface area contributed by atoms with Crippen molar-refractivity contribution in [2.24, 2.45) is 0 Å². The maximum absolute atomic E-state index is 13.4. The van der Waals surface area contributed by atoms with Crippen LogP contribution in [0.5, 0.6) is 5.75 Å². The number of para-hydroxylation sites is 1. The minimum atomic E-state index is -3.71. The predicted octanol–water partition coefficient (Wildman–Crippen LogP) is 3.20. The summed E-state index contributed by atoms with van der Waals surface area (Å²) in [5.74, 6) is 0.630. The smallest absolute Gasteiger partial charge is 0.268 e. The highest BCUT2D eigenvalue weighted by Crippen LogP contribution is 2.33. The van der Waals surface area contributed by atoms with Crippen LogP contribution in [-0.4, -0.2) is 62.5 Å². The minimum absolute atomic E-state index is 0.140. The van der Waals surface area contributed by atoms with E-state index in [9.17, 15) is 8.42 Å². The van der Waals surface area contributed by atoms with Gasteiger partial charge in [0.15, 0.2) is 0 Å². The molecule has 2 heterocycles. The summed E-state index contributed by atoms with van der Waals surface area (Å²) in [5, 5.41) is 0.982. The van der Waals surface area contributed by atoms with Crippen molar-refractivity contribution < 1.29 is 13.2 Å². The van der Waals surface area contributed by atoms with Crippen LogP contribution in [0.1, 0.15) is 18.5 Å². The molecular formula is C22H27N3O3S. The summed E-state index contributed by atoms with van der Waals surface area (Å²) in [5.41, 5.74) is 1.75. The normalized spacial score (nSPS) is 17.5. The van der Waals surface area contributed by atoms with E-state index in [4.69, 9.17) is 4.74 Å². The Kier molecular flexibility index (Phi) is 5.38. The van der Waals surface area contributed by atoms with Gasteiger partial charge in [0.05, 0.1) is 17.5 Å². The molecule has 1 fully saturated rings. The van der Waals surface area contributed by atoms with Crippen molar-refractivity contribution in [2.45, 2.75) is 17.9 Å². The number of aromatic nitrogens is 1. The molecule has 7 heteroatoms. The van der Waals surface area contributed by atoms with Crippen LogP contribution >= 0.6 is 0 Å². The van der Waals surface area contributed by atoms with Crippen LogP contribution < -0.4 is 4.74 Å². The SMILES string of the molecule is COc1ccc(S(=O)(=O)n2cc([C@H](C)N3CCN(C)CC3)c3ccccc32)cc1. The molecule has 6 nitrogen and oxygen atoms in total. The van der Waals surface area contributed by atoms with Gasteiger partial charge in [-0.1, -0.05) is 18.2 Å². The van der Waals surface area contributed by atoms with Crippen molar-refractivity contribution in [1.29, 1.82) is 0 Å². The lowest BCUT2D eigenvalue weighted by Crippen LogP contribution is -2.45. The molecule has 4 rings (SSSR count). The third kappa shape index (κ3) is 3.66. The van der Waals surface area contributed by atoms with E-state index in [1.165, 1.54) is 3.97 Å². The van der Waals surface area contributed by atoms with Crippen molar-refractivity contribution in [3.8, 4) is 5.75 Å². The van der Waals surface area contributed by atoms with E-state index in [2.05, 4.69) is 23.8 Å². The van der Waals surface area contributed by atoms with E-state index in [0.717, 1.165) is 37.1 Å². The molecule has 1 atom stereocenters. The van der Waals surface area contributed by atoms with Crippen molar-refractivity contribution >= 4 is 20.9 Å². The summed E-state index contributed by atoms with van der Waals surface area (Å²) in [6, 6.07) is 14.4. The Morgan fingerprint density at radius 1 is 0.966 bits per heavy atom. The lowest BCUT2D eigenvalue weighted by atomic mass is 10.1. The first-order valence-corrected chi connectivity index (χ1v) is 11.3. The summed E-state index contributed by atoms with van der Waals surface area (Å²) in [6.45, 7) is 6.16. The molecule has 1 aliphatic rings. The van der Waals surface area contributed by atoms with E-state index >= 15 is 0 Å². The molecular weight excluding hydrogens is 386 g/mol. The first-order valence-electron chi connectivity index (χ1n) is 9.84. The van der Waals surface area contributed by atoms with E-state index in [-0.39, 0.29) is 10.9 Å². The van der Waals surface area contributed by atoms with Gasteiger partial charge in [0.25, 0.3) is 10.0 Å². The fourth-order valence-electron chi connectivity index (χ4n) is 3.97. The summed E-state index contributed by atoms with van der Waals surface area (Å²) < 4.78 is 33.4. The highest BCUT2D eigenvalue weighted by Gasteiger charge is 2.26. The van der Waals surface area contributed by atoms with Crippen LogP contribution in [0.3, 0.4) is 0 Å². The summed E-state index contributed by atoms with van der Waals surface area (Å²) in [6.07, 6.45) is 1.80. The average Bonchev–Trinajstić information content (AvgIpc) is 3.14. The Hall–Kier alpha value is -2.35. The molecule has 1 aliphatic heterocycles. The standard InChI is InChI=1S/C22H27N3O3S/c1-17(24-14-12-23(2)13-15-24)21-16-25(22-7-5-4-6-20(21)22)29(26,27)19-10-8-18(28-3)9-11-19/h4-11,16-17H,12-15H2,1-3H3/t17-/m0/s1. The van der Waals surface area contributed by atoms with Gasteiger partial charge in [-0.05, 0) is 49.9 Å². The zero-order valence-corrected chi connectivity index (χ0v) is 17.9. The molecule has 0 unspecified atom stereocenters. The van der Waals surface area contributed by atoms with Gasteiger partial charge in [-0.3, -0.25) is 4.90 Å². The average molecular weight is 414 g/mol. The number of nitrogens with zero attached hydrogens (tertiary/aromatic N) is 3. The first kappa shape index (κ1) is 19.9. The van der Waals surface area contributed by atoms with Crippen molar-refractivity contribution in [3.63, 3.8) is 0 Å². The van der Waals surface area contributed by atoms with Crippen LogP contribution in [0.25, 0.3) is 10.9 Å². The second-order valence-corrected chi connectivity index (χ2v) is 9.41. The molecule has 2 aromatic carbocycles. The van der Waals surface area contributed by atoms with Crippen molar-refractivity contribution in [2.75, 3.05) is 40.3 Å². The number of fused-ring (bicyclic) bond motifs is 1. The molecule has 0 bridgehead atoms. The topological polar surface area (TPSA) is 54.8 Å². The lowest BCUT2D eigenvalue weighted by Gasteiger charge is -2.36. The van der Waals surface area contributed by atoms with Crippen LogP contribution in [-0.2, 0) is 10.0 Å². The minimum Gasteiger partial charge on any atom is -0.497 e. The van der Waals surface area contributed by atoms with Gasteiger partial charge in [-0.2, -0.15) is 0 Å². The molecule has 3 aromatic rings. The summed E-state index contributed by atoms with van der Waals surface area (Å²) >= 11 is 0. The Balaban J connectivity index is 1.77. The van der Waals surface area contributed by atoms with Crippen molar-refractivity contribution in [3.05, 3.63) is 60.3 Å². The molecule has 29 heavy (non-hydrogen) atoms. The van der Waals surface area contributed by atoms with Gasteiger partial charge in [0, 0.05) is 43.8 Å². The highest BCUT2D eigenvalue weighted by molar-refractivity contribution is 7.90. The summed E-state index contributed by atoms with van der Waals surface area (Å²) in [7, 11) is -0.00968. The molecule has 0 saturated carbocycles. The van der Waals surface area contributed by atoms with Gasteiger partial charge >= 0.3 is 0 Å². The number of piperazine rings is 1. The monoisotopic (exact) mass is 413 g/mol. The zero-order valence-electron chi connectivity index (χ0n) is 17.1. The number of benzene rings is 2. The molecule has 0 aliphatic carbocycles. The van der Waals surface area contributed by atoms with Gasteiger partial charge in [-0.25, -0.2) is 12.4 Å².